The van der Waals surface area contributed by atoms with Crippen LogP contribution in [0.5, 0.6) is 0 Å². The van der Waals surface area contributed by atoms with Gasteiger partial charge in [-0.3, -0.25) is 4.79 Å². The molecular formula is C20H19N3OS. The minimum absolute atomic E-state index is 0.151. The van der Waals surface area contributed by atoms with Gasteiger partial charge in [0.15, 0.2) is 5.16 Å². The smallest absolute Gasteiger partial charge is 0.255 e. The van der Waals surface area contributed by atoms with Crippen molar-refractivity contribution in [3.63, 3.8) is 0 Å². The molecule has 0 bridgehead atoms. The summed E-state index contributed by atoms with van der Waals surface area (Å²) in [6.07, 6.45) is 4.32. The quantitative estimate of drug-likeness (QED) is 0.543. The molecule has 0 atom stereocenters. The van der Waals surface area contributed by atoms with Crippen molar-refractivity contribution in [2.75, 3.05) is 12.8 Å². The third-order valence-corrected chi connectivity index (χ3v) is 4.34. The molecule has 0 aliphatic rings. The fourth-order valence-electron chi connectivity index (χ4n) is 2.51. The number of benzene rings is 2. The molecule has 4 nitrogen and oxygen atoms in total. The van der Waals surface area contributed by atoms with Crippen LogP contribution < -0.4 is 5.32 Å². The van der Waals surface area contributed by atoms with Gasteiger partial charge in [-0.25, -0.2) is 9.97 Å². The van der Waals surface area contributed by atoms with Gasteiger partial charge in [0.25, 0.3) is 5.91 Å². The van der Waals surface area contributed by atoms with Gasteiger partial charge >= 0.3 is 0 Å². The van der Waals surface area contributed by atoms with Crippen LogP contribution in [-0.2, 0) is 6.42 Å². The number of hydrogen-bond acceptors (Lipinski definition) is 4. The number of aromatic nitrogens is 2. The molecule has 25 heavy (non-hydrogen) atoms. The van der Waals surface area contributed by atoms with Crippen LogP contribution in [-0.4, -0.2) is 28.7 Å². The summed E-state index contributed by atoms with van der Waals surface area (Å²) >= 11 is 1.46. The van der Waals surface area contributed by atoms with Gasteiger partial charge in [0.1, 0.15) is 0 Å². The van der Waals surface area contributed by atoms with E-state index in [4.69, 9.17) is 0 Å². The van der Waals surface area contributed by atoms with E-state index in [1.807, 2.05) is 54.8 Å². The first-order chi connectivity index (χ1) is 12.3. The SMILES string of the molecule is CSc1ncc(C(=O)NCCc2ccccc2)c(-c2ccccc2)n1. The predicted octanol–water partition coefficient (Wildman–Crippen LogP) is 3.84. The summed E-state index contributed by atoms with van der Waals surface area (Å²) in [6.45, 7) is 0.571. The Balaban J connectivity index is 1.77. The summed E-state index contributed by atoms with van der Waals surface area (Å²) < 4.78 is 0. The molecule has 0 saturated carbocycles. The van der Waals surface area contributed by atoms with Gasteiger partial charge in [0.05, 0.1) is 11.3 Å². The first-order valence-corrected chi connectivity index (χ1v) is 9.29. The maximum absolute atomic E-state index is 12.6. The average Bonchev–Trinajstić information content (AvgIpc) is 2.69. The van der Waals surface area contributed by atoms with Crippen molar-refractivity contribution in [2.45, 2.75) is 11.6 Å². The molecule has 1 N–H and O–H groups in total. The van der Waals surface area contributed by atoms with Gasteiger partial charge in [-0.1, -0.05) is 72.4 Å². The maximum atomic E-state index is 12.6. The molecule has 126 valence electrons. The lowest BCUT2D eigenvalue weighted by molar-refractivity contribution is 0.0954. The van der Waals surface area contributed by atoms with E-state index in [0.29, 0.717) is 23.0 Å². The zero-order valence-electron chi connectivity index (χ0n) is 14.0. The molecule has 0 radical (unpaired) electrons. The summed E-state index contributed by atoms with van der Waals surface area (Å²) in [6, 6.07) is 19.8. The third-order valence-electron chi connectivity index (χ3n) is 3.78. The predicted molar refractivity (Wildman–Crippen MR) is 102 cm³/mol. The summed E-state index contributed by atoms with van der Waals surface area (Å²) in [5.74, 6) is -0.151. The Morgan fingerprint density at radius 3 is 2.40 bits per heavy atom. The van der Waals surface area contributed by atoms with Gasteiger partial charge in [-0.15, -0.1) is 0 Å². The topological polar surface area (TPSA) is 54.9 Å². The van der Waals surface area contributed by atoms with Gasteiger partial charge in [-0.05, 0) is 18.2 Å². The molecule has 0 spiro atoms. The molecule has 0 aliphatic heterocycles. The minimum atomic E-state index is -0.151. The summed E-state index contributed by atoms with van der Waals surface area (Å²) in [5.41, 5.74) is 3.27. The van der Waals surface area contributed by atoms with Gasteiger partial charge < -0.3 is 5.32 Å². The van der Waals surface area contributed by atoms with Crippen LogP contribution in [0.25, 0.3) is 11.3 Å². The van der Waals surface area contributed by atoms with E-state index in [1.165, 1.54) is 17.3 Å². The fraction of sp³-hybridized carbons (Fsp3) is 0.150. The van der Waals surface area contributed by atoms with Gasteiger partial charge in [0.2, 0.25) is 0 Å². The third kappa shape index (κ3) is 4.45. The Bertz CT molecular complexity index is 838. The lowest BCUT2D eigenvalue weighted by Gasteiger charge is -2.10. The van der Waals surface area contributed by atoms with Crippen molar-refractivity contribution in [1.82, 2.24) is 15.3 Å². The molecule has 0 aliphatic carbocycles. The Morgan fingerprint density at radius 1 is 1.04 bits per heavy atom. The molecule has 0 fully saturated rings. The Hall–Kier alpha value is -2.66. The van der Waals surface area contributed by atoms with Crippen LogP contribution in [0.1, 0.15) is 15.9 Å². The van der Waals surface area contributed by atoms with E-state index in [9.17, 15) is 4.79 Å². The minimum Gasteiger partial charge on any atom is -0.352 e. The van der Waals surface area contributed by atoms with Crippen LogP contribution in [0.4, 0.5) is 0 Å². The first-order valence-electron chi connectivity index (χ1n) is 8.06. The lowest BCUT2D eigenvalue weighted by Crippen LogP contribution is -2.26. The van der Waals surface area contributed by atoms with E-state index in [0.717, 1.165) is 12.0 Å². The molecule has 0 saturated heterocycles. The van der Waals surface area contributed by atoms with Crippen molar-refractivity contribution in [1.29, 1.82) is 0 Å². The van der Waals surface area contributed by atoms with Crippen molar-refractivity contribution in [3.8, 4) is 11.3 Å². The second-order valence-electron chi connectivity index (χ2n) is 5.48. The zero-order valence-corrected chi connectivity index (χ0v) is 14.8. The molecule has 2 aromatic carbocycles. The number of carbonyl (C=O) groups is 1. The zero-order chi connectivity index (χ0) is 17.5. The van der Waals surface area contributed by atoms with Gasteiger partial charge in [-0.2, -0.15) is 0 Å². The molecule has 1 aromatic heterocycles. The molecular weight excluding hydrogens is 330 g/mol. The fourth-order valence-corrected chi connectivity index (χ4v) is 2.85. The normalized spacial score (nSPS) is 10.4. The van der Waals surface area contributed by atoms with E-state index >= 15 is 0 Å². The van der Waals surface area contributed by atoms with Crippen molar-refractivity contribution in [2.24, 2.45) is 0 Å². The first kappa shape index (κ1) is 17.2. The number of nitrogens with one attached hydrogen (secondary N) is 1. The van der Waals surface area contributed by atoms with Crippen LogP contribution in [0, 0.1) is 0 Å². The highest BCUT2D eigenvalue weighted by Crippen LogP contribution is 2.23. The van der Waals surface area contributed by atoms with E-state index < -0.39 is 0 Å². The molecule has 5 heteroatoms. The highest BCUT2D eigenvalue weighted by atomic mass is 32.2. The maximum Gasteiger partial charge on any atom is 0.255 e. The van der Waals surface area contributed by atoms with Crippen molar-refractivity contribution < 1.29 is 4.79 Å². The molecule has 3 aromatic rings. The Kier molecular flexibility index (Phi) is 5.80. The summed E-state index contributed by atoms with van der Waals surface area (Å²) in [4.78, 5) is 21.4. The molecule has 3 rings (SSSR count). The van der Waals surface area contributed by atoms with Gasteiger partial charge in [0, 0.05) is 18.3 Å². The number of nitrogens with zero attached hydrogens (tertiary/aromatic N) is 2. The monoisotopic (exact) mass is 349 g/mol. The van der Waals surface area contributed by atoms with Crippen LogP contribution >= 0.6 is 11.8 Å². The molecule has 1 heterocycles. The average molecular weight is 349 g/mol. The Labute approximate surface area is 151 Å². The number of rotatable bonds is 6. The molecule has 1 amide bonds. The van der Waals surface area contributed by atoms with Crippen molar-refractivity contribution in [3.05, 3.63) is 78.0 Å². The number of carbonyl (C=O) groups excluding carboxylic acids is 1. The number of amides is 1. The summed E-state index contributed by atoms with van der Waals surface area (Å²) in [5, 5.41) is 3.62. The van der Waals surface area contributed by atoms with E-state index in [2.05, 4.69) is 27.4 Å². The molecule has 0 unspecified atom stereocenters. The van der Waals surface area contributed by atoms with Crippen LogP contribution in [0.2, 0.25) is 0 Å². The van der Waals surface area contributed by atoms with Crippen LogP contribution in [0.3, 0.4) is 0 Å². The van der Waals surface area contributed by atoms with Crippen molar-refractivity contribution >= 4 is 17.7 Å². The standard InChI is InChI=1S/C20H19N3OS/c1-25-20-22-14-17(18(23-20)16-10-6-3-7-11-16)19(24)21-13-12-15-8-4-2-5-9-15/h2-11,14H,12-13H2,1H3,(H,21,24). The largest absolute Gasteiger partial charge is 0.352 e. The van der Waals surface area contributed by atoms with E-state index in [1.54, 1.807) is 6.20 Å². The summed E-state index contributed by atoms with van der Waals surface area (Å²) in [7, 11) is 0. The number of thioether (sulfide) groups is 1. The lowest BCUT2D eigenvalue weighted by atomic mass is 10.1. The highest BCUT2D eigenvalue weighted by Gasteiger charge is 2.15. The van der Waals surface area contributed by atoms with E-state index in [-0.39, 0.29) is 5.91 Å². The second-order valence-corrected chi connectivity index (χ2v) is 6.25. The second kappa shape index (κ2) is 8.44. The number of hydrogen-bond donors (Lipinski definition) is 1. The van der Waals surface area contributed by atoms with Crippen LogP contribution in [0.15, 0.2) is 72.0 Å². The Morgan fingerprint density at radius 2 is 1.72 bits per heavy atom. The highest BCUT2D eigenvalue weighted by molar-refractivity contribution is 7.98.